The van der Waals surface area contributed by atoms with Crippen molar-refractivity contribution in [2.75, 3.05) is 18.1 Å². The number of hydrogen-bond donors (Lipinski definition) is 6. The minimum atomic E-state index is -3.90. The summed E-state index contributed by atoms with van der Waals surface area (Å²) in [6, 6.07) is 16.7. The number of nitrogens with one attached hydrogen (secondary N) is 3. The van der Waals surface area contributed by atoms with Crippen molar-refractivity contribution in [3.8, 4) is 11.1 Å². The number of rotatable bonds is 9. The predicted molar refractivity (Wildman–Crippen MR) is 152 cm³/mol. The zero-order chi connectivity index (χ0) is 30.3. The lowest BCUT2D eigenvalue weighted by Gasteiger charge is -2.14. The molecule has 7 N–H and O–H groups in total. The van der Waals surface area contributed by atoms with Crippen LogP contribution in [0.3, 0.4) is 0 Å². The molecular weight excluding hydrogens is 560 g/mol. The van der Waals surface area contributed by atoms with Gasteiger partial charge in [-0.15, -0.1) is 0 Å². The van der Waals surface area contributed by atoms with E-state index in [0.29, 0.717) is 23.1 Å². The molecule has 3 aromatic rings. The van der Waals surface area contributed by atoms with E-state index in [-0.39, 0.29) is 39.9 Å². The van der Waals surface area contributed by atoms with Gasteiger partial charge in [0.25, 0.3) is 16.0 Å². The molecule has 1 amide bonds. The van der Waals surface area contributed by atoms with Crippen molar-refractivity contribution in [1.82, 2.24) is 4.72 Å². The van der Waals surface area contributed by atoms with Crippen LogP contribution in [0.2, 0.25) is 0 Å². The summed E-state index contributed by atoms with van der Waals surface area (Å²) in [4.78, 5) is 24.9. The highest BCUT2D eigenvalue weighted by atomic mass is 32.2. The van der Waals surface area contributed by atoms with E-state index in [1.807, 2.05) is 13.8 Å². The van der Waals surface area contributed by atoms with Crippen molar-refractivity contribution >= 4 is 43.5 Å². The van der Waals surface area contributed by atoms with Crippen LogP contribution in [0.4, 0.5) is 5.69 Å². The second kappa shape index (κ2) is 13.3. The lowest BCUT2D eigenvalue weighted by atomic mass is 9.95. The molecule has 0 aliphatic carbocycles. The van der Waals surface area contributed by atoms with Gasteiger partial charge in [-0.05, 0) is 59.5 Å². The Balaban J connectivity index is 0.00000103. The zero-order valence-electron chi connectivity index (χ0n) is 21.9. The molecule has 0 saturated carbocycles. The molecule has 214 valence electrons. The fraction of sp³-hybridized carbons (Fsp3) is 0.192. The van der Waals surface area contributed by atoms with Crippen LogP contribution < -0.4 is 15.8 Å². The third kappa shape index (κ3) is 9.57. The first-order valence-corrected chi connectivity index (χ1v) is 15.0. The van der Waals surface area contributed by atoms with Crippen molar-refractivity contribution < 1.29 is 36.1 Å². The molecule has 0 atom stereocenters. The lowest BCUT2D eigenvalue weighted by Crippen LogP contribution is -2.27. The van der Waals surface area contributed by atoms with Gasteiger partial charge in [0.05, 0.1) is 16.7 Å². The Hall–Kier alpha value is -4.11. The van der Waals surface area contributed by atoms with E-state index in [1.54, 1.807) is 48.5 Å². The van der Waals surface area contributed by atoms with Crippen LogP contribution in [0.25, 0.3) is 11.1 Å². The first-order chi connectivity index (χ1) is 18.5. The summed E-state index contributed by atoms with van der Waals surface area (Å²) < 4.78 is 53.6. The highest BCUT2D eigenvalue weighted by molar-refractivity contribution is 7.89. The summed E-state index contributed by atoms with van der Waals surface area (Å²) in [6.07, 6.45) is 0.715. The number of carbonyl (C=O) groups is 2. The highest BCUT2D eigenvalue weighted by Crippen LogP contribution is 2.30. The molecule has 0 bridgehead atoms. The average molecular weight is 591 g/mol. The van der Waals surface area contributed by atoms with Gasteiger partial charge in [-0.3, -0.25) is 14.8 Å². The quantitative estimate of drug-likeness (QED) is 0.122. The Morgan fingerprint density at radius 2 is 1.48 bits per heavy atom. The number of carboxylic acid groups (broad SMARTS) is 1. The Morgan fingerprint density at radius 3 is 2.00 bits per heavy atom. The molecule has 3 aromatic carbocycles. The van der Waals surface area contributed by atoms with Crippen LogP contribution in [-0.2, 0) is 20.1 Å². The normalized spacial score (nSPS) is 11.3. The number of hydrogen-bond acceptors (Lipinski definition) is 7. The van der Waals surface area contributed by atoms with E-state index in [4.69, 9.17) is 15.7 Å². The molecule has 12 nitrogen and oxygen atoms in total. The lowest BCUT2D eigenvalue weighted by molar-refractivity contribution is 0.0697. The first kappa shape index (κ1) is 32.1. The number of nitrogens with two attached hydrogens (primary N) is 1. The van der Waals surface area contributed by atoms with E-state index in [1.165, 1.54) is 12.1 Å². The Kier molecular flexibility index (Phi) is 10.7. The smallest absolute Gasteiger partial charge is 0.336 e. The van der Waals surface area contributed by atoms with Gasteiger partial charge in [-0.2, -0.15) is 8.42 Å². The van der Waals surface area contributed by atoms with Gasteiger partial charge < -0.3 is 16.2 Å². The Bertz CT molecular complexity index is 1610. The topological polar surface area (TPSA) is 217 Å². The molecule has 0 fully saturated rings. The molecule has 0 saturated heterocycles. The monoisotopic (exact) mass is 590 g/mol. The van der Waals surface area contributed by atoms with Gasteiger partial charge in [0.1, 0.15) is 5.84 Å². The van der Waals surface area contributed by atoms with Crippen LogP contribution in [0.1, 0.15) is 40.1 Å². The molecule has 0 unspecified atom stereocenters. The second-order valence-electron chi connectivity index (χ2n) is 8.98. The van der Waals surface area contributed by atoms with E-state index in [2.05, 4.69) is 10.0 Å². The zero-order valence-corrected chi connectivity index (χ0v) is 23.5. The Labute approximate surface area is 232 Å². The number of anilines is 1. The standard InChI is InChI=1S/C25H26N4O5S.CH4O3S/c1-15(2)14-28-35(33,34)18-11-12-20(22(13-18)25(31)32)19-5-3-4-6-21(19)24(30)29-17-9-7-16(8-10-17)23(26)27;1-5(2,3)4/h3-13,15,28H,14H2,1-2H3,(H3,26,27)(H,29,30)(H,31,32);1H3,(H,2,3,4). The second-order valence-corrected chi connectivity index (χ2v) is 12.2. The van der Waals surface area contributed by atoms with Crippen LogP contribution in [0.15, 0.2) is 71.6 Å². The summed E-state index contributed by atoms with van der Waals surface area (Å²) in [7, 11) is -7.57. The molecular formula is C26H30N4O8S2. The predicted octanol–water partition coefficient (Wildman–Crippen LogP) is 3.03. The number of aromatic carboxylic acids is 1. The summed E-state index contributed by atoms with van der Waals surface area (Å²) in [6.45, 7) is 3.92. The first-order valence-electron chi connectivity index (χ1n) is 11.6. The molecule has 0 heterocycles. The fourth-order valence-electron chi connectivity index (χ4n) is 3.31. The molecule has 14 heteroatoms. The minimum Gasteiger partial charge on any atom is -0.478 e. The number of nitrogen functional groups attached to an aromatic ring is 1. The largest absolute Gasteiger partial charge is 0.478 e. The summed E-state index contributed by atoms with van der Waals surface area (Å²) >= 11 is 0. The molecule has 3 rings (SSSR count). The highest BCUT2D eigenvalue weighted by Gasteiger charge is 2.22. The van der Waals surface area contributed by atoms with Gasteiger partial charge >= 0.3 is 5.97 Å². The fourth-order valence-corrected chi connectivity index (χ4v) is 4.55. The number of amides is 1. The van der Waals surface area contributed by atoms with Gasteiger partial charge in [-0.1, -0.05) is 38.1 Å². The van der Waals surface area contributed by atoms with Gasteiger partial charge in [0.15, 0.2) is 0 Å². The number of carboxylic acids is 1. The van der Waals surface area contributed by atoms with Crippen molar-refractivity contribution in [1.29, 1.82) is 5.41 Å². The maximum absolute atomic E-state index is 13.1. The average Bonchev–Trinajstić information content (AvgIpc) is 2.86. The number of benzene rings is 3. The van der Waals surface area contributed by atoms with Crippen molar-refractivity contribution in [2.45, 2.75) is 18.7 Å². The maximum Gasteiger partial charge on any atom is 0.336 e. The maximum atomic E-state index is 13.1. The molecule has 40 heavy (non-hydrogen) atoms. The molecule has 0 aromatic heterocycles. The van der Waals surface area contributed by atoms with Crippen molar-refractivity contribution in [2.24, 2.45) is 11.7 Å². The molecule has 0 radical (unpaired) electrons. The van der Waals surface area contributed by atoms with Crippen LogP contribution in [-0.4, -0.2) is 57.0 Å². The molecule has 0 aliphatic rings. The summed E-state index contributed by atoms with van der Waals surface area (Å²) in [5, 5.41) is 20.0. The summed E-state index contributed by atoms with van der Waals surface area (Å²) in [5.41, 5.74) is 6.93. The van der Waals surface area contributed by atoms with Gasteiger partial charge in [0.2, 0.25) is 10.0 Å². The SMILES string of the molecule is CC(C)CNS(=O)(=O)c1ccc(-c2ccccc2C(=O)Nc2ccc(C(=N)N)cc2)c(C(=O)O)c1.CS(=O)(=O)O. The van der Waals surface area contributed by atoms with Gasteiger partial charge in [-0.25, -0.2) is 17.9 Å². The number of carbonyl (C=O) groups excluding carboxylic acids is 1. The minimum absolute atomic E-state index is 0.0760. The van der Waals surface area contributed by atoms with Gasteiger partial charge in [0, 0.05) is 23.4 Å². The van der Waals surface area contributed by atoms with Crippen molar-refractivity contribution in [3.63, 3.8) is 0 Å². The number of sulfonamides is 1. The Morgan fingerprint density at radius 1 is 0.925 bits per heavy atom. The van der Waals surface area contributed by atoms with E-state index < -0.39 is 32.0 Å². The third-order valence-corrected chi connectivity index (χ3v) is 6.55. The number of amidine groups is 1. The van der Waals surface area contributed by atoms with Crippen molar-refractivity contribution in [3.05, 3.63) is 83.4 Å². The van der Waals surface area contributed by atoms with E-state index >= 15 is 0 Å². The van der Waals surface area contributed by atoms with E-state index in [0.717, 1.165) is 6.07 Å². The third-order valence-electron chi connectivity index (χ3n) is 5.13. The summed E-state index contributed by atoms with van der Waals surface area (Å²) in [5.74, 6) is -1.83. The van der Waals surface area contributed by atoms with Crippen LogP contribution in [0.5, 0.6) is 0 Å². The molecule has 0 aliphatic heterocycles. The molecule has 0 spiro atoms. The van der Waals surface area contributed by atoms with E-state index in [9.17, 15) is 31.5 Å². The van der Waals surface area contributed by atoms with Crippen LogP contribution >= 0.6 is 0 Å². The van der Waals surface area contributed by atoms with Crippen LogP contribution in [0, 0.1) is 11.3 Å².